The van der Waals surface area contributed by atoms with E-state index in [0.717, 1.165) is 17.7 Å². The Morgan fingerprint density at radius 3 is 2.48 bits per heavy atom. The largest absolute Gasteiger partial charge is 0.477 e. The van der Waals surface area contributed by atoms with Crippen LogP contribution in [0.15, 0.2) is 30.3 Å². The first kappa shape index (κ1) is 15.0. The van der Waals surface area contributed by atoms with Crippen molar-refractivity contribution < 1.29 is 9.90 Å². The molecule has 1 heterocycles. The van der Waals surface area contributed by atoms with Gasteiger partial charge in [-0.25, -0.2) is 14.8 Å². The van der Waals surface area contributed by atoms with Crippen molar-refractivity contribution >= 4 is 11.8 Å². The van der Waals surface area contributed by atoms with E-state index in [0.29, 0.717) is 17.6 Å². The first-order valence-electron chi connectivity index (χ1n) is 6.89. The molecule has 110 valence electrons. The summed E-state index contributed by atoms with van der Waals surface area (Å²) in [6, 6.07) is 9.15. The molecule has 5 heteroatoms. The second kappa shape index (κ2) is 6.35. The Bertz CT molecular complexity index is 636. The molecule has 0 aliphatic carbocycles. The van der Waals surface area contributed by atoms with Crippen LogP contribution < -0.4 is 5.32 Å². The van der Waals surface area contributed by atoms with Gasteiger partial charge < -0.3 is 10.4 Å². The maximum Gasteiger partial charge on any atom is 0.354 e. The zero-order valence-electron chi connectivity index (χ0n) is 12.4. The van der Waals surface area contributed by atoms with E-state index in [9.17, 15) is 9.90 Å². The molecule has 1 aromatic heterocycles. The SMILES string of the molecule is Cc1ccc(-c2nc(NCC(C)C)cc(C(=O)O)n2)cc1. The summed E-state index contributed by atoms with van der Waals surface area (Å²) in [6.45, 7) is 6.87. The van der Waals surface area contributed by atoms with E-state index in [1.165, 1.54) is 6.07 Å². The second-order valence-corrected chi connectivity index (χ2v) is 5.41. The Morgan fingerprint density at radius 1 is 1.24 bits per heavy atom. The Hall–Kier alpha value is -2.43. The van der Waals surface area contributed by atoms with E-state index >= 15 is 0 Å². The molecule has 0 amide bonds. The third-order valence-electron chi connectivity index (χ3n) is 2.95. The third kappa shape index (κ3) is 4.02. The van der Waals surface area contributed by atoms with E-state index in [1.54, 1.807) is 0 Å². The van der Waals surface area contributed by atoms with Gasteiger partial charge in [0.2, 0.25) is 0 Å². The van der Waals surface area contributed by atoms with E-state index in [2.05, 4.69) is 29.1 Å². The number of hydrogen-bond donors (Lipinski definition) is 2. The molecule has 0 radical (unpaired) electrons. The molecule has 0 fully saturated rings. The number of aromatic carboxylic acids is 1. The molecule has 0 aliphatic heterocycles. The topological polar surface area (TPSA) is 75.1 Å². The summed E-state index contributed by atoms with van der Waals surface area (Å²) in [5.41, 5.74) is 1.93. The maximum atomic E-state index is 11.2. The van der Waals surface area contributed by atoms with Crippen LogP contribution in [0, 0.1) is 12.8 Å². The summed E-state index contributed by atoms with van der Waals surface area (Å²) in [6.07, 6.45) is 0. The molecule has 2 N–H and O–H groups in total. The quantitative estimate of drug-likeness (QED) is 0.882. The molecule has 2 aromatic rings. The van der Waals surface area contributed by atoms with Gasteiger partial charge >= 0.3 is 5.97 Å². The van der Waals surface area contributed by atoms with Crippen molar-refractivity contribution in [2.24, 2.45) is 5.92 Å². The van der Waals surface area contributed by atoms with Crippen LogP contribution >= 0.6 is 0 Å². The first-order valence-corrected chi connectivity index (χ1v) is 6.89. The molecule has 0 saturated heterocycles. The fourth-order valence-electron chi connectivity index (χ4n) is 1.79. The van der Waals surface area contributed by atoms with Crippen LogP contribution in [0.3, 0.4) is 0 Å². The lowest BCUT2D eigenvalue weighted by atomic mass is 10.1. The van der Waals surface area contributed by atoms with Crippen LogP contribution in [-0.2, 0) is 0 Å². The minimum atomic E-state index is -1.06. The number of aryl methyl sites for hydroxylation is 1. The number of hydrogen-bond acceptors (Lipinski definition) is 4. The average molecular weight is 285 g/mol. The van der Waals surface area contributed by atoms with Crippen LogP contribution in [0.25, 0.3) is 11.4 Å². The minimum Gasteiger partial charge on any atom is -0.477 e. The van der Waals surface area contributed by atoms with Gasteiger partial charge in [-0.05, 0) is 12.8 Å². The summed E-state index contributed by atoms with van der Waals surface area (Å²) in [5, 5.41) is 12.3. The van der Waals surface area contributed by atoms with E-state index in [1.807, 2.05) is 31.2 Å². The van der Waals surface area contributed by atoms with Crippen molar-refractivity contribution in [3.05, 3.63) is 41.6 Å². The molecule has 0 saturated carbocycles. The maximum absolute atomic E-state index is 11.2. The molecule has 0 spiro atoms. The van der Waals surface area contributed by atoms with E-state index in [4.69, 9.17) is 0 Å². The van der Waals surface area contributed by atoms with Gasteiger partial charge in [-0.3, -0.25) is 0 Å². The van der Waals surface area contributed by atoms with Crippen molar-refractivity contribution in [3.63, 3.8) is 0 Å². The van der Waals surface area contributed by atoms with Gasteiger partial charge in [-0.1, -0.05) is 43.7 Å². The molecule has 0 atom stereocenters. The molecule has 0 unspecified atom stereocenters. The monoisotopic (exact) mass is 285 g/mol. The fourth-order valence-corrected chi connectivity index (χ4v) is 1.79. The zero-order chi connectivity index (χ0) is 15.4. The molecule has 21 heavy (non-hydrogen) atoms. The smallest absolute Gasteiger partial charge is 0.354 e. The number of aromatic nitrogens is 2. The highest BCUT2D eigenvalue weighted by Gasteiger charge is 2.12. The molecule has 0 bridgehead atoms. The van der Waals surface area contributed by atoms with Crippen LogP contribution in [0.1, 0.15) is 29.9 Å². The van der Waals surface area contributed by atoms with Crippen LogP contribution in [-0.4, -0.2) is 27.6 Å². The Balaban J connectivity index is 2.39. The standard InChI is InChI=1S/C16H19N3O2/c1-10(2)9-17-14-8-13(16(20)21)18-15(19-14)12-6-4-11(3)5-7-12/h4-8,10H,9H2,1-3H3,(H,20,21)(H,17,18,19). The molecular formula is C16H19N3O2. The predicted octanol–water partition coefficient (Wildman–Crippen LogP) is 3.22. The normalized spacial score (nSPS) is 10.7. The Labute approximate surface area is 124 Å². The highest BCUT2D eigenvalue weighted by atomic mass is 16.4. The predicted molar refractivity (Wildman–Crippen MR) is 82.5 cm³/mol. The average Bonchev–Trinajstić information content (AvgIpc) is 2.45. The second-order valence-electron chi connectivity index (χ2n) is 5.41. The highest BCUT2D eigenvalue weighted by molar-refractivity contribution is 5.87. The van der Waals surface area contributed by atoms with Crippen molar-refractivity contribution in [2.45, 2.75) is 20.8 Å². The fraction of sp³-hybridized carbons (Fsp3) is 0.312. The van der Waals surface area contributed by atoms with Gasteiger partial charge in [0.1, 0.15) is 5.82 Å². The van der Waals surface area contributed by atoms with Crippen molar-refractivity contribution in [2.75, 3.05) is 11.9 Å². The molecule has 1 aromatic carbocycles. The van der Waals surface area contributed by atoms with Crippen molar-refractivity contribution in [1.29, 1.82) is 0 Å². The Morgan fingerprint density at radius 2 is 1.90 bits per heavy atom. The highest BCUT2D eigenvalue weighted by Crippen LogP contribution is 2.19. The van der Waals surface area contributed by atoms with Gasteiger partial charge in [-0.2, -0.15) is 0 Å². The summed E-state index contributed by atoms with van der Waals surface area (Å²) >= 11 is 0. The Kier molecular flexibility index (Phi) is 4.52. The van der Waals surface area contributed by atoms with E-state index < -0.39 is 5.97 Å². The van der Waals surface area contributed by atoms with Crippen LogP contribution in [0.2, 0.25) is 0 Å². The summed E-state index contributed by atoms with van der Waals surface area (Å²) < 4.78 is 0. The number of anilines is 1. The van der Waals surface area contributed by atoms with Gasteiger partial charge in [0.15, 0.2) is 11.5 Å². The van der Waals surface area contributed by atoms with Gasteiger partial charge in [0, 0.05) is 18.2 Å². The minimum absolute atomic E-state index is 0.00756. The summed E-state index contributed by atoms with van der Waals surface area (Å²) in [5.74, 6) is 0.335. The zero-order valence-corrected chi connectivity index (χ0v) is 12.4. The number of benzene rings is 1. The van der Waals surface area contributed by atoms with Crippen molar-refractivity contribution in [1.82, 2.24) is 9.97 Å². The van der Waals surface area contributed by atoms with E-state index in [-0.39, 0.29) is 5.69 Å². The molecular weight excluding hydrogens is 266 g/mol. The van der Waals surface area contributed by atoms with Crippen molar-refractivity contribution in [3.8, 4) is 11.4 Å². The van der Waals surface area contributed by atoms with Crippen LogP contribution in [0.5, 0.6) is 0 Å². The molecule has 0 aliphatic rings. The van der Waals surface area contributed by atoms with Gasteiger partial charge in [0.25, 0.3) is 0 Å². The number of carboxylic acid groups (broad SMARTS) is 1. The molecule has 5 nitrogen and oxygen atoms in total. The van der Waals surface area contributed by atoms with Crippen LogP contribution in [0.4, 0.5) is 5.82 Å². The first-order chi connectivity index (χ1) is 9.95. The lowest BCUT2D eigenvalue weighted by Crippen LogP contribution is -2.12. The summed E-state index contributed by atoms with van der Waals surface area (Å²) in [7, 11) is 0. The molecule has 2 rings (SSSR count). The lowest BCUT2D eigenvalue weighted by Gasteiger charge is -2.10. The summed E-state index contributed by atoms with van der Waals surface area (Å²) in [4.78, 5) is 19.7. The number of carbonyl (C=O) groups is 1. The number of nitrogens with one attached hydrogen (secondary N) is 1. The number of nitrogens with zero attached hydrogens (tertiary/aromatic N) is 2. The third-order valence-corrected chi connectivity index (χ3v) is 2.95. The lowest BCUT2D eigenvalue weighted by molar-refractivity contribution is 0.0690. The van der Waals surface area contributed by atoms with Gasteiger partial charge in [-0.15, -0.1) is 0 Å². The number of rotatable bonds is 5. The number of carboxylic acids is 1. The van der Waals surface area contributed by atoms with Gasteiger partial charge in [0.05, 0.1) is 0 Å².